The molecule has 4 rings (SSSR count). The summed E-state index contributed by atoms with van der Waals surface area (Å²) in [5.74, 6) is -0.331. The van der Waals surface area contributed by atoms with Crippen LogP contribution in [0.25, 0.3) is 0 Å². The average molecular weight is 526 g/mol. The second-order valence-corrected chi connectivity index (χ2v) is 10.5. The molecular weight excluding hydrogens is 485 g/mol. The smallest absolute Gasteiger partial charge is 0.220 e. The van der Waals surface area contributed by atoms with E-state index < -0.39 is 18.0 Å². The molecule has 0 unspecified atom stereocenters. The van der Waals surface area contributed by atoms with Crippen molar-refractivity contribution in [3.8, 4) is 5.75 Å². The van der Waals surface area contributed by atoms with Crippen LogP contribution in [0.15, 0.2) is 42.5 Å². The number of hydrogen-bond donors (Lipinski definition) is 4. The molecule has 2 amide bonds. The fourth-order valence-corrected chi connectivity index (χ4v) is 5.00. The zero-order chi connectivity index (χ0) is 27.0. The minimum absolute atomic E-state index is 0.0839. The Bertz CT molecular complexity index is 1100. The van der Waals surface area contributed by atoms with Crippen LogP contribution in [-0.2, 0) is 28.0 Å². The molecule has 4 N–H and O–H groups in total. The van der Waals surface area contributed by atoms with Gasteiger partial charge in [-0.1, -0.05) is 31.2 Å². The number of ether oxygens (including phenoxy) is 1. The van der Waals surface area contributed by atoms with E-state index in [0.29, 0.717) is 30.9 Å². The van der Waals surface area contributed by atoms with Crippen LogP contribution in [0, 0.1) is 5.82 Å². The van der Waals surface area contributed by atoms with E-state index in [9.17, 15) is 19.1 Å². The molecule has 0 aromatic heterocycles. The van der Waals surface area contributed by atoms with Gasteiger partial charge < -0.3 is 25.8 Å². The topological polar surface area (TPSA) is 99.7 Å². The summed E-state index contributed by atoms with van der Waals surface area (Å²) < 4.78 is 20.2. The van der Waals surface area contributed by atoms with Crippen molar-refractivity contribution in [1.29, 1.82) is 0 Å². The van der Waals surface area contributed by atoms with Crippen molar-refractivity contribution in [2.45, 2.75) is 82.4 Å². The van der Waals surface area contributed by atoms with Gasteiger partial charge in [0, 0.05) is 37.5 Å². The molecule has 2 atom stereocenters. The Morgan fingerprint density at radius 1 is 1.11 bits per heavy atom. The highest BCUT2D eigenvalue weighted by Gasteiger charge is 2.44. The maximum atomic E-state index is 14.4. The van der Waals surface area contributed by atoms with E-state index in [0.717, 1.165) is 32.1 Å². The number of aliphatic hydroxyl groups is 1. The van der Waals surface area contributed by atoms with Gasteiger partial charge in [-0.25, -0.2) is 4.39 Å². The number of carbonyl (C=O) groups is 2. The molecule has 1 saturated carbocycles. The standard InChI is InChI=1S/C30H40FN3O4/c1-2-21-7-5-8-23(15-21)30(11-12-30)33-20-27(35)26-18-22-16-24(31)19-25(17-22)38-14-4-3-13-32-28(36)9-6-10-29(37)34-26/h5,7-8,15-17,19,26-27,33,35H,2-4,6,9-14,18,20H2,1H3,(H,32,36)(H,34,37)/t26-,27+/m0/s1. The van der Waals surface area contributed by atoms with Crippen molar-refractivity contribution in [2.24, 2.45) is 0 Å². The molecule has 206 valence electrons. The first-order chi connectivity index (χ1) is 18.4. The van der Waals surface area contributed by atoms with E-state index in [1.807, 2.05) is 0 Å². The highest BCUT2D eigenvalue weighted by molar-refractivity contribution is 5.79. The Labute approximate surface area is 224 Å². The van der Waals surface area contributed by atoms with Crippen molar-refractivity contribution in [1.82, 2.24) is 16.0 Å². The Morgan fingerprint density at radius 3 is 2.71 bits per heavy atom. The van der Waals surface area contributed by atoms with Gasteiger partial charge >= 0.3 is 0 Å². The minimum atomic E-state index is -0.899. The number of halogens is 1. The van der Waals surface area contributed by atoms with Gasteiger partial charge in [0.15, 0.2) is 0 Å². The molecule has 0 spiro atoms. The first-order valence-corrected chi connectivity index (χ1v) is 13.9. The molecule has 38 heavy (non-hydrogen) atoms. The maximum Gasteiger partial charge on any atom is 0.220 e. The Hall–Kier alpha value is -2.97. The van der Waals surface area contributed by atoms with E-state index in [2.05, 4.69) is 47.1 Å². The predicted molar refractivity (Wildman–Crippen MR) is 144 cm³/mol. The van der Waals surface area contributed by atoms with Crippen LogP contribution < -0.4 is 20.7 Å². The van der Waals surface area contributed by atoms with Crippen LogP contribution in [0.3, 0.4) is 0 Å². The van der Waals surface area contributed by atoms with Crippen LogP contribution in [-0.4, -0.2) is 48.8 Å². The van der Waals surface area contributed by atoms with Crippen LogP contribution >= 0.6 is 0 Å². The maximum absolute atomic E-state index is 14.4. The first-order valence-electron chi connectivity index (χ1n) is 13.9. The molecule has 2 aromatic carbocycles. The molecule has 1 aliphatic carbocycles. The minimum Gasteiger partial charge on any atom is -0.493 e. The number of aliphatic hydroxyl groups excluding tert-OH is 1. The number of fused-ring (bicyclic) bond motifs is 2. The number of nitrogens with one attached hydrogen (secondary N) is 3. The van der Waals surface area contributed by atoms with Crippen LogP contribution in [0.5, 0.6) is 5.75 Å². The van der Waals surface area contributed by atoms with E-state index in [4.69, 9.17) is 4.74 Å². The molecular formula is C30H40FN3O4. The van der Waals surface area contributed by atoms with Gasteiger partial charge in [-0.2, -0.15) is 0 Å². The van der Waals surface area contributed by atoms with Crippen LogP contribution in [0.1, 0.15) is 68.6 Å². The molecule has 1 aliphatic heterocycles. The zero-order valence-corrected chi connectivity index (χ0v) is 22.2. The summed E-state index contributed by atoms with van der Waals surface area (Å²) in [4.78, 5) is 24.8. The quantitative estimate of drug-likeness (QED) is 0.463. The van der Waals surface area contributed by atoms with Gasteiger partial charge in [-0.15, -0.1) is 0 Å². The van der Waals surface area contributed by atoms with Crippen molar-refractivity contribution in [3.63, 3.8) is 0 Å². The van der Waals surface area contributed by atoms with Gasteiger partial charge in [0.2, 0.25) is 11.8 Å². The zero-order valence-electron chi connectivity index (χ0n) is 22.2. The third-order valence-electron chi connectivity index (χ3n) is 7.45. The lowest BCUT2D eigenvalue weighted by molar-refractivity contribution is -0.123. The summed E-state index contributed by atoms with van der Waals surface area (Å²) in [6.07, 6.45) is 4.62. The van der Waals surface area contributed by atoms with Gasteiger partial charge in [0.25, 0.3) is 0 Å². The Kier molecular flexibility index (Phi) is 9.74. The summed E-state index contributed by atoms with van der Waals surface area (Å²) in [6.45, 7) is 3.36. The SMILES string of the molecule is CCc1cccc(C2(NC[C@@H](O)[C@@H]3Cc4cc(F)cc(c4)OCCCCNC(=O)CCCC(=O)N3)CC2)c1. The number of amides is 2. The molecule has 1 fully saturated rings. The summed E-state index contributed by atoms with van der Waals surface area (Å²) in [7, 11) is 0. The van der Waals surface area contributed by atoms with Gasteiger partial charge in [0.05, 0.1) is 18.8 Å². The molecule has 8 heteroatoms. The third kappa shape index (κ3) is 8.01. The predicted octanol–water partition coefficient (Wildman–Crippen LogP) is 3.51. The van der Waals surface area contributed by atoms with E-state index in [1.54, 1.807) is 6.07 Å². The van der Waals surface area contributed by atoms with Crippen molar-refractivity contribution in [2.75, 3.05) is 19.7 Å². The summed E-state index contributed by atoms with van der Waals surface area (Å²) in [5.41, 5.74) is 2.96. The molecule has 2 aliphatic rings. The lowest BCUT2D eigenvalue weighted by Crippen LogP contribution is -2.50. The van der Waals surface area contributed by atoms with Crippen molar-refractivity contribution in [3.05, 3.63) is 65.0 Å². The Morgan fingerprint density at radius 2 is 1.92 bits per heavy atom. The molecule has 0 saturated heterocycles. The van der Waals surface area contributed by atoms with Gasteiger partial charge in [-0.05, 0) is 73.8 Å². The van der Waals surface area contributed by atoms with Crippen LogP contribution in [0.4, 0.5) is 4.39 Å². The fourth-order valence-electron chi connectivity index (χ4n) is 5.00. The monoisotopic (exact) mass is 525 g/mol. The first kappa shape index (κ1) is 28.0. The van der Waals surface area contributed by atoms with Gasteiger partial charge in [0.1, 0.15) is 11.6 Å². The number of benzene rings is 2. The number of carbonyl (C=O) groups excluding carboxylic acids is 2. The Balaban J connectivity index is 1.47. The highest BCUT2D eigenvalue weighted by atomic mass is 19.1. The number of hydrogen-bond acceptors (Lipinski definition) is 5. The average Bonchev–Trinajstić information content (AvgIpc) is 3.69. The fraction of sp³-hybridized carbons (Fsp3) is 0.533. The third-order valence-corrected chi connectivity index (χ3v) is 7.45. The lowest BCUT2D eigenvalue weighted by Gasteiger charge is -2.27. The second-order valence-electron chi connectivity index (χ2n) is 10.5. The van der Waals surface area contributed by atoms with E-state index in [-0.39, 0.29) is 43.2 Å². The highest BCUT2D eigenvalue weighted by Crippen LogP contribution is 2.45. The number of rotatable bonds is 6. The molecule has 0 radical (unpaired) electrons. The summed E-state index contributed by atoms with van der Waals surface area (Å²) >= 11 is 0. The van der Waals surface area contributed by atoms with E-state index in [1.165, 1.54) is 23.3 Å². The lowest BCUT2D eigenvalue weighted by atomic mass is 9.98. The van der Waals surface area contributed by atoms with Gasteiger partial charge in [-0.3, -0.25) is 9.59 Å². The van der Waals surface area contributed by atoms with Crippen molar-refractivity contribution < 1.29 is 23.8 Å². The normalized spacial score (nSPS) is 21.4. The largest absolute Gasteiger partial charge is 0.493 e. The molecule has 7 nitrogen and oxygen atoms in total. The molecule has 2 bridgehead atoms. The molecule has 2 aromatic rings. The van der Waals surface area contributed by atoms with E-state index >= 15 is 0 Å². The van der Waals surface area contributed by atoms with Crippen LogP contribution in [0.2, 0.25) is 0 Å². The number of aryl methyl sites for hydroxylation is 1. The molecule has 1 heterocycles. The summed E-state index contributed by atoms with van der Waals surface area (Å²) in [5, 5.41) is 20.6. The van der Waals surface area contributed by atoms with Crippen molar-refractivity contribution >= 4 is 11.8 Å². The second kappa shape index (κ2) is 13.2. The summed E-state index contributed by atoms with van der Waals surface area (Å²) in [6, 6.07) is 12.4.